The van der Waals surface area contributed by atoms with Gasteiger partial charge < -0.3 is 14.7 Å². The first-order valence-electron chi connectivity index (χ1n) is 6.15. The van der Waals surface area contributed by atoms with Crippen molar-refractivity contribution in [3.8, 4) is 6.07 Å². The van der Waals surface area contributed by atoms with E-state index in [2.05, 4.69) is 4.90 Å². The first-order valence-corrected chi connectivity index (χ1v) is 6.15. The third kappa shape index (κ3) is 2.59. The zero-order chi connectivity index (χ0) is 12.3. The van der Waals surface area contributed by atoms with E-state index in [1.165, 1.54) is 0 Å². The fourth-order valence-corrected chi connectivity index (χ4v) is 2.57. The molecular weight excluding hydrogens is 220 g/mol. The highest BCUT2D eigenvalue weighted by Gasteiger charge is 2.42. The lowest BCUT2D eigenvalue weighted by molar-refractivity contribution is -0.148. The molecule has 0 aromatic rings. The lowest BCUT2D eigenvalue weighted by Gasteiger charge is -2.35. The van der Waals surface area contributed by atoms with Crippen LogP contribution in [0.1, 0.15) is 25.7 Å². The predicted octanol–water partition coefficient (Wildman–Crippen LogP) is 0.856. The van der Waals surface area contributed by atoms with Gasteiger partial charge >= 0.3 is 5.97 Å². The van der Waals surface area contributed by atoms with E-state index in [0.29, 0.717) is 32.0 Å². The third-order valence-corrected chi connectivity index (χ3v) is 3.82. The van der Waals surface area contributed by atoms with Crippen LogP contribution in [0, 0.1) is 16.7 Å². The molecular formula is C12H18N2O3. The van der Waals surface area contributed by atoms with Crippen molar-refractivity contribution in [1.82, 2.24) is 4.90 Å². The number of rotatable bonds is 3. The summed E-state index contributed by atoms with van der Waals surface area (Å²) in [5, 5.41) is 18.1. The molecule has 2 fully saturated rings. The molecule has 0 bridgehead atoms. The molecule has 5 nitrogen and oxygen atoms in total. The first-order chi connectivity index (χ1) is 8.16. The van der Waals surface area contributed by atoms with Gasteiger partial charge in [-0.3, -0.25) is 4.79 Å². The van der Waals surface area contributed by atoms with E-state index >= 15 is 0 Å². The summed E-state index contributed by atoms with van der Waals surface area (Å²) in [6.45, 7) is 3.08. The molecule has 0 radical (unpaired) electrons. The number of piperidine rings is 1. The molecule has 94 valence electrons. The van der Waals surface area contributed by atoms with Gasteiger partial charge in [0.25, 0.3) is 0 Å². The summed E-state index contributed by atoms with van der Waals surface area (Å²) >= 11 is 0. The maximum absolute atomic E-state index is 11.1. The van der Waals surface area contributed by atoms with Gasteiger partial charge in [-0.2, -0.15) is 5.26 Å². The molecule has 2 rings (SSSR count). The third-order valence-electron chi connectivity index (χ3n) is 3.82. The second-order valence-corrected chi connectivity index (χ2v) is 4.93. The Hall–Kier alpha value is -1.12. The molecule has 1 atom stereocenters. The highest BCUT2D eigenvalue weighted by Crippen LogP contribution is 2.31. The molecule has 0 amide bonds. The first kappa shape index (κ1) is 12.3. The van der Waals surface area contributed by atoms with Crippen LogP contribution >= 0.6 is 0 Å². The van der Waals surface area contributed by atoms with Gasteiger partial charge in [-0.1, -0.05) is 0 Å². The van der Waals surface area contributed by atoms with E-state index in [1.54, 1.807) is 0 Å². The highest BCUT2D eigenvalue weighted by molar-refractivity contribution is 5.78. The van der Waals surface area contributed by atoms with E-state index in [0.717, 1.165) is 26.0 Å². The van der Waals surface area contributed by atoms with Gasteiger partial charge in [-0.25, -0.2) is 0 Å². The van der Waals surface area contributed by atoms with Gasteiger partial charge in [0.2, 0.25) is 0 Å². The topological polar surface area (TPSA) is 73.6 Å². The fraction of sp³-hybridized carbons (Fsp3) is 0.833. The zero-order valence-corrected chi connectivity index (χ0v) is 9.89. The van der Waals surface area contributed by atoms with Crippen LogP contribution in [0.5, 0.6) is 0 Å². The Morgan fingerprint density at radius 2 is 2.24 bits per heavy atom. The van der Waals surface area contributed by atoms with E-state index in [9.17, 15) is 4.79 Å². The number of hydrogen-bond acceptors (Lipinski definition) is 4. The van der Waals surface area contributed by atoms with Crippen LogP contribution < -0.4 is 0 Å². The van der Waals surface area contributed by atoms with Crippen LogP contribution in [-0.2, 0) is 9.53 Å². The minimum absolute atomic E-state index is 0.300. The van der Waals surface area contributed by atoms with Crippen LogP contribution in [0.2, 0.25) is 0 Å². The summed E-state index contributed by atoms with van der Waals surface area (Å²) in [7, 11) is 0. The molecule has 0 aromatic heterocycles. The van der Waals surface area contributed by atoms with Gasteiger partial charge in [0.15, 0.2) is 5.41 Å². The van der Waals surface area contributed by atoms with Crippen molar-refractivity contribution in [3.05, 3.63) is 0 Å². The van der Waals surface area contributed by atoms with Crippen LogP contribution in [0.25, 0.3) is 0 Å². The second kappa shape index (κ2) is 5.03. The number of carboxylic acid groups (broad SMARTS) is 1. The van der Waals surface area contributed by atoms with Crippen molar-refractivity contribution in [3.63, 3.8) is 0 Å². The molecule has 2 aliphatic heterocycles. The highest BCUT2D eigenvalue weighted by atomic mass is 16.5. The lowest BCUT2D eigenvalue weighted by Crippen LogP contribution is -2.45. The molecule has 0 aliphatic carbocycles. The normalized spacial score (nSPS) is 28.8. The van der Waals surface area contributed by atoms with Crippen molar-refractivity contribution >= 4 is 5.97 Å². The average Bonchev–Trinajstić information content (AvgIpc) is 2.83. The van der Waals surface area contributed by atoms with E-state index < -0.39 is 11.4 Å². The summed E-state index contributed by atoms with van der Waals surface area (Å²) < 4.78 is 5.56. The van der Waals surface area contributed by atoms with E-state index in [1.807, 2.05) is 6.07 Å². The Kier molecular flexibility index (Phi) is 3.65. The quantitative estimate of drug-likeness (QED) is 0.789. The Balaban J connectivity index is 1.85. The van der Waals surface area contributed by atoms with Crippen LogP contribution in [0.15, 0.2) is 0 Å². The van der Waals surface area contributed by atoms with Crippen LogP contribution in [0.4, 0.5) is 0 Å². The van der Waals surface area contributed by atoms with Gasteiger partial charge in [0.1, 0.15) is 0 Å². The maximum atomic E-state index is 11.1. The van der Waals surface area contributed by atoms with Crippen LogP contribution in [-0.4, -0.2) is 48.3 Å². The number of ether oxygens (including phenoxy) is 1. The minimum Gasteiger partial charge on any atom is -0.480 e. The number of hydrogen-bond donors (Lipinski definition) is 1. The number of carboxylic acids is 1. The second-order valence-electron chi connectivity index (χ2n) is 4.93. The van der Waals surface area contributed by atoms with Crippen molar-refractivity contribution < 1.29 is 14.6 Å². The molecule has 2 heterocycles. The molecule has 5 heteroatoms. The molecule has 2 saturated heterocycles. The number of nitrogens with zero attached hydrogens (tertiary/aromatic N) is 2. The molecule has 1 N–H and O–H groups in total. The SMILES string of the molecule is N#CC1(C(=O)O)CCN(CC2CCCO2)CC1. The Morgan fingerprint density at radius 3 is 2.71 bits per heavy atom. The average molecular weight is 238 g/mol. The minimum atomic E-state index is -1.16. The number of likely N-dealkylation sites (tertiary alicyclic amines) is 1. The summed E-state index contributed by atoms with van der Waals surface area (Å²) in [5.41, 5.74) is -1.16. The van der Waals surface area contributed by atoms with Crippen molar-refractivity contribution in [1.29, 1.82) is 5.26 Å². The van der Waals surface area contributed by atoms with Gasteiger partial charge in [-0.15, -0.1) is 0 Å². The Bertz CT molecular complexity index is 323. The molecule has 17 heavy (non-hydrogen) atoms. The summed E-state index contributed by atoms with van der Waals surface area (Å²) in [6.07, 6.45) is 3.36. The van der Waals surface area contributed by atoms with Crippen LogP contribution in [0.3, 0.4) is 0 Å². The van der Waals surface area contributed by atoms with E-state index in [-0.39, 0.29) is 0 Å². The smallest absolute Gasteiger partial charge is 0.324 e. The number of carbonyl (C=O) groups is 1. The summed E-state index contributed by atoms with van der Waals surface area (Å²) in [6, 6.07) is 1.97. The largest absolute Gasteiger partial charge is 0.480 e. The number of nitriles is 1. The standard InChI is InChI=1S/C12H18N2O3/c13-9-12(11(15)16)3-5-14(6-4-12)8-10-2-1-7-17-10/h10H,1-8H2,(H,15,16). The van der Waals surface area contributed by atoms with Gasteiger partial charge in [0, 0.05) is 26.2 Å². The zero-order valence-electron chi connectivity index (χ0n) is 9.89. The molecule has 2 aliphatic rings. The van der Waals surface area contributed by atoms with Crippen molar-refractivity contribution in [2.75, 3.05) is 26.2 Å². The molecule has 1 unspecified atom stereocenters. The Labute approximate surface area is 101 Å². The number of aliphatic carboxylic acids is 1. The van der Waals surface area contributed by atoms with Gasteiger partial charge in [0.05, 0.1) is 12.2 Å². The molecule has 0 spiro atoms. The summed E-state index contributed by atoms with van der Waals surface area (Å²) in [4.78, 5) is 13.3. The van der Waals surface area contributed by atoms with Crippen molar-refractivity contribution in [2.24, 2.45) is 5.41 Å². The maximum Gasteiger partial charge on any atom is 0.324 e. The molecule has 0 saturated carbocycles. The summed E-state index contributed by atoms with van der Waals surface area (Å²) in [5.74, 6) is -0.975. The molecule has 0 aromatic carbocycles. The Morgan fingerprint density at radius 1 is 1.53 bits per heavy atom. The van der Waals surface area contributed by atoms with Crippen molar-refractivity contribution in [2.45, 2.75) is 31.8 Å². The predicted molar refractivity (Wildman–Crippen MR) is 60.3 cm³/mol. The fourth-order valence-electron chi connectivity index (χ4n) is 2.57. The van der Waals surface area contributed by atoms with E-state index in [4.69, 9.17) is 15.1 Å². The lowest BCUT2D eigenvalue weighted by atomic mass is 9.80. The monoisotopic (exact) mass is 238 g/mol. The van der Waals surface area contributed by atoms with Gasteiger partial charge in [-0.05, 0) is 25.7 Å².